The van der Waals surface area contributed by atoms with Crippen LogP contribution < -0.4 is 10.1 Å². The number of rotatable bonds is 3. The summed E-state index contributed by atoms with van der Waals surface area (Å²) in [6.45, 7) is 1.73. The van der Waals surface area contributed by atoms with E-state index in [0.717, 1.165) is 6.07 Å². The van der Waals surface area contributed by atoms with E-state index in [1.165, 1.54) is 31.4 Å². The van der Waals surface area contributed by atoms with Crippen LogP contribution in [0.1, 0.15) is 15.9 Å². The van der Waals surface area contributed by atoms with Crippen LogP contribution in [0.25, 0.3) is 0 Å². The van der Waals surface area contributed by atoms with E-state index in [2.05, 4.69) is 5.32 Å². The van der Waals surface area contributed by atoms with E-state index in [4.69, 9.17) is 4.74 Å². The summed E-state index contributed by atoms with van der Waals surface area (Å²) in [6.07, 6.45) is 0. The highest BCUT2D eigenvalue weighted by atomic mass is 19.1. The first kappa shape index (κ1) is 14.0. The normalized spacial score (nSPS) is 10.2. The fourth-order valence-electron chi connectivity index (χ4n) is 1.78. The number of benzene rings is 2. The lowest BCUT2D eigenvalue weighted by Crippen LogP contribution is -2.14. The number of halogens is 2. The second-order valence-corrected chi connectivity index (χ2v) is 4.26. The molecule has 0 aromatic heterocycles. The molecule has 3 nitrogen and oxygen atoms in total. The van der Waals surface area contributed by atoms with Gasteiger partial charge in [0.05, 0.1) is 12.7 Å². The predicted molar refractivity (Wildman–Crippen MR) is 72.0 cm³/mol. The van der Waals surface area contributed by atoms with Gasteiger partial charge in [-0.1, -0.05) is 6.07 Å². The number of carbonyl (C=O) groups excluding carboxylic acids is 1. The van der Waals surface area contributed by atoms with Gasteiger partial charge < -0.3 is 10.1 Å². The van der Waals surface area contributed by atoms with Crippen molar-refractivity contribution in [2.24, 2.45) is 0 Å². The monoisotopic (exact) mass is 277 g/mol. The van der Waals surface area contributed by atoms with E-state index in [9.17, 15) is 13.6 Å². The van der Waals surface area contributed by atoms with Gasteiger partial charge in [-0.2, -0.15) is 0 Å². The van der Waals surface area contributed by atoms with Crippen LogP contribution in [0.15, 0.2) is 36.4 Å². The maximum Gasteiger partial charge on any atom is 0.259 e. The second kappa shape index (κ2) is 5.69. The summed E-state index contributed by atoms with van der Waals surface area (Å²) in [7, 11) is 1.39. The maximum absolute atomic E-state index is 13.2. The molecule has 0 radical (unpaired) electrons. The molecule has 20 heavy (non-hydrogen) atoms. The Hall–Kier alpha value is -2.43. The number of ether oxygens (including phenoxy) is 1. The Bertz CT molecular complexity index is 656. The number of methoxy groups -OCH3 is 1. The van der Waals surface area contributed by atoms with Crippen molar-refractivity contribution < 1.29 is 18.3 Å². The van der Waals surface area contributed by atoms with E-state index < -0.39 is 17.5 Å². The highest BCUT2D eigenvalue weighted by molar-refractivity contribution is 6.06. The summed E-state index contributed by atoms with van der Waals surface area (Å²) >= 11 is 0. The van der Waals surface area contributed by atoms with Crippen LogP contribution in [0.3, 0.4) is 0 Å². The first-order valence-electron chi connectivity index (χ1n) is 5.92. The number of aryl methyl sites for hydroxylation is 1. The molecule has 0 aliphatic carbocycles. The molecule has 0 fully saturated rings. The molecule has 0 aliphatic heterocycles. The molecule has 0 unspecified atom stereocenters. The van der Waals surface area contributed by atoms with Gasteiger partial charge in [0.25, 0.3) is 5.91 Å². The van der Waals surface area contributed by atoms with Gasteiger partial charge in [-0.3, -0.25) is 4.79 Å². The zero-order chi connectivity index (χ0) is 14.7. The lowest BCUT2D eigenvalue weighted by atomic mass is 10.1. The van der Waals surface area contributed by atoms with Crippen LogP contribution in [-0.2, 0) is 0 Å². The van der Waals surface area contributed by atoms with E-state index in [0.29, 0.717) is 11.3 Å². The Morgan fingerprint density at radius 3 is 2.45 bits per heavy atom. The Morgan fingerprint density at radius 2 is 1.75 bits per heavy atom. The van der Waals surface area contributed by atoms with Crippen molar-refractivity contribution in [3.05, 3.63) is 59.2 Å². The molecule has 1 N–H and O–H groups in total. The molecule has 0 bridgehead atoms. The van der Waals surface area contributed by atoms with Gasteiger partial charge in [0, 0.05) is 5.69 Å². The van der Waals surface area contributed by atoms with Gasteiger partial charge in [0.1, 0.15) is 17.4 Å². The van der Waals surface area contributed by atoms with Crippen molar-refractivity contribution >= 4 is 11.6 Å². The summed E-state index contributed by atoms with van der Waals surface area (Å²) in [6, 6.07) is 7.69. The predicted octanol–water partition coefficient (Wildman–Crippen LogP) is 3.53. The maximum atomic E-state index is 13.2. The minimum absolute atomic E-state index is 0.0520. The molecule has 0 atom stereocenters. The molecule has 2 aromatic carbocycles. The minimum atomic E-state index is -0.560. The lowest BCUT2D eigenvalue weighted by Gasteiger charge is -2.11. The molecule has 0 saturated heterocycles. The van der Waals surface area contributed by atoms with Crippen molar-refractivity contribution in [2.45, 2.75) is 6.92 Å². The SMILES string of the molecule is COc1ccc(F)cc1C(=O)Nc1cc(F)ccc1C. The fourth-order valence-corrected chi connectivity index (χ4v) is 1.78. The quantitative estimate of drug-likeness (QED) is 0.932. The van der Waals surface area contributed by atoms with Gasteiger partial charge in [0.15, 0.2) is 0 Å². The van der Waals surface area contributed by atoms with Crippen molar-refractivity contribution in [3.63, 3.8) is 0 Å². The van der Waals surface area contributed by atoms with E-state index in [1.807, 2.05) is 0 Å². The third-order valence-corrected chi connectivity index (χ3v) is 2.85. The van der Waals surface area contributed by atoms with Crippen LogP contribution in [-0.4, -0.2) is 13.0 Å². The number of carbonyl (C=O) groups is 1. The zero-order valence-corrected chi connectivity index (χ0v) is 11.0. The van der Waals surface area contributed by atoms with Crippen LogP contribution in [0.4, 0.5) is 14.5 Å². The average Bonchev–Trinajstić information content (AvgIpc) is 2.42. The first-order chi connectivity index (χ1) is 9.51. The molecular weight excluding hydrogens is 264 g/mol. The molecule has 104 valence electrons. The van der Waals surface area contributed by atoms with E-state index >= 15 is 0 Å². The van der Waals surface area contributed by atoms with E-state index in [1.54, 1.807) is 13.0 Å². The summed E-state index contributed by atoms with van der Waals surface area (Å²) in [5.74, 6) is -1.32. The molecule has 2 aromatic rings. The van der Waals surface area contributed by atoms with Gasteiger partial charge in [-0.05, 0) is 42.8 Å². The lowest BCUT2D eigenvalue weighted by molar-refractivity contribution is 0.102. The van der Waals surface area contributed by atoms with Gasteiger partial charge in [-0.25, -0.2) is 8.78 Å². The smallest absolute Gasteiger partial charge is 0.259 e. The standard InChI is InChI=1S/C15H13F2NO2/c1-9-3-4-11(17)8-13(9)18-15(19)12-7-10(16)5-6-14(12)20-2/h3-8H,1-2H3,(H,18,19). The van der Waals surface area contributed by atoms with Gasteiger partial charge >= 0.3 is 0 Å². The molecule has 5 heteroatoms. The second-order valence-electron chi connectivity index (χ2n) is 4.26. The van der Waals surface area contributed by atoms with Crippen LogP contribution in [0.5, 0.6) is 5.75 Å². The largest absolute Gasteiger partial charge is 0.496 e. The molecule has 2 rings (SSSR count). The van der Waals surface area contributed by atoms with Crippen LogP contribution in [0.2, 0.25) is 0 Å². The highest BCUT2D eigenvalue weighted by Crippen LogP contribution is 2.22. The van der Waals surface area contributed by atoms with Crippen molar-refractivity contribution in [1.29, 1.82) is 0 Å². The zero-order valence-electron chi connectivity index (χ0n) is 11.0. The minimum Gasteiger partial charge on any atom is -0.496 e. The molecule has 0 aliphatic rings. The van der Waals surface area contributed by atoms with Crippen LogP contribution >= 0.6 is 0 Å². The highest BCUT2D eigenvalue weighted by Gasteiger charge is 2.14. The molecule has 1 amide bonds. The number of amides is 1. The summed E-state index contributed by atoms with van der Waals surface area (Å²) in [5, 5.41) is 2.54. The molecule has 0 heterocycles. The molecule has 0 spiro atoms. The van der Waals surface area contributed by atoms with Gasteiger partial charge in [0.2, 0.25) is 0 Å². The summed E-state index contributed by atoms with van der Waals surface area (Å²) < 4.78 is 31.4. The number of hydrogen-bond donors (Lipinski definition) is 1. The van der Waals surface area contributed by atoms with Crippen molar-refractivity contribution in [3.8, 4) is 5.75 Å². The topological polar surface area (TPSA) is 38.3 Å². The Kier molecular flexibility index (Phi) is 3.98. The fraction of sp³-hybridized carbons (Fsp3) is 0.133. The number of nitrogens with one attached hydrogen (secondary N) is 1. The van der Waals surface area contributed by atoms with E-state index in [-0.39, 0.29) is 11.3 Å². The van der Waals surface area contributed by atoms with Crippen molar-refractivity contribution in [1.82, 2.24) is 0 Å². The summed E-state index contributed by atoms with van der Waals surface area (Å²) in [5.41, 5.74) is 1.09. The van der Waals surface area contributed by atoms with Crippen LogP contribution in [0, 0.1) is 18.6 Å². The van der Waals surface area contributed by atoms with Gasteiger partial charge in [-0.15, -0.1) is 0 Å². The Balaban J connectivity index is 2.32. The third-order valence-electron chi connectivity index (χ3n) is 2.85. The number of hydrogen-bond acceptors (Lipinski definition) is 2. The number of anilines is 1. The third kappa shape index (κ3) is 2.93. The Labute approximate surface area is 115 Å². The summed E-state index contributed by atoms with van der Waals surface area (Å²) in [4.78, 5) is 12.1. The molecular formula is C15H13F2NO2. The van der Waals surface area contributed by atoms with Crippen molar-refractivity contribution in [2.75, 3.05) is 12.4 Å². The first-order valence-corrected chi connectivity index (χ1v) is 5.92. The molecule has 0 saturated carbocycles. The average molecular weight is 277 g/mol. The Morgan fingerprint density at radius 1 is 1.10 bits per heavy atom.